The van der Waals surface area contributed by atoms with Gasteiger partial charge in [-0.25, -0.2) is 9.79 Å². The highest BCUT2D eigenvalue weighted by molar-refractivity contribution is 7.16. The second-order valence-corrected chi connectivity index (χ2v) is 12.8. The zero-order valence-corrected chi connectivity index (χ0v) is 25.6. The van der Waals surface area contributed by atoms with Crippen LogP contribution in [0.15, 0.2) is 70.3 Å². The predicted octanol–water partition coefficient (Wildman–Crippen LogP) is 7.46. The summed E-state index contributed by atoms with van der Waals surface area (Å²) in [4.78, 5) is 30.8. The SMILES string of the molecule is COc1cc(C=Nc2sc3c(c2C(=O)NCc2ccco2)CC[C@@H](C(C)(C)C)C3)ccc1OCc1cccc(C(=O)O)c1. The van der Waals surface area contributed by atoms with Crippen LogP contribution < -0.4 is 14.8 Å². The number of nitrogens with zero attached hydrogens (tertiary/aromatic N) is 1. The standard InChI is InChI=1S/C34H36N2O6S/c1-34(2,3)24-11-12-26-29(17-24)43-32(30(26)31(37)35-19-25-9-6-14-41-25)36-18-21-10-13-27(28(16-21)40-4)42-20-22-7-5-8-23(15-22)33(38)39/h5-10,13-16,18,24H,11-12,17,19-20H2,1-4H3,(H,35,37)(H,38,39)/t24-/m1/s1. The van der Waals surface area contributed by atoms with Crippen molar-refractivity contribution in [3.63, 3.8) is 0 Å². The number of benzene rings is 2. The van der Waals surface area contributed by atoms with E-state index in [0.29, 0.717) is 40.3 Å². The molecule has 0 aliphatic heterocycles. The van der Waals surface area contributed by atoms with Gasteiger partial charge in [-0.1, -0.05) is 32.9 Å². The first-order chi connectivity index (χ1) is 20.6. The predicted molar refractivity (Wildman–Crippen MR) is 167 cm³/mol. The molecular formula is C34H36N2O6S. The molecule has 9 heteroatoms. The van der Waals surface area contributed by atoms with Crippen LogP contribution in [0.1, 0.15) is 75.2 Å². The average Bonchev–Trinajstić information content (AvgIpc) is 3.65. The van der Waals surface area contributed by atoms with Gasteiger partial charge in [-0.2, -0.15) is 0 Å². The maximum atomic E-state index is 13.5. The fourth-order valence-electron chi connectivity index (χ4n) is 5.28. The van der Waals surface area contributed by atoms with Gasteiger partial charge in [-0.15, -0.1) is 11.3 Å². The Kier molecular flexibility index (Phi) is 9.01. The van der Waals surface area contributed by atoms with E-state index in [0.717, 1.165) is 36.0 Å². The first-order valence-electron chi connectivity index (χ1n) is 14.2. The van der Waals surface area contributed by atoms with E-state index < -0.39 is 5.97 Å². The summed E-state index contributed by atoms with van der Waals surface area (Å²) in [5.41, 5.74) is 3.66. The van der Waals surface area contributed by atoms with Crippen molar-refractivity contribution in [3.8, 4) is 11.5 Å². The van der Waals surface area contributed by atoms with Gasteiger partial charge in [-0.3, -0.25) is 4.79 Å². The molecule has 0 saturated carbocycles. The summed E-state index contributed by atoms with van der Waals surface area (Å²) in [6, 6.07) is 15.8. The number of ether oxygens (including phenoxy) is 2. The largest absolute Gasteiger partial charge is 0.493 e. The van der Waals surface area contributed by atoms with Gasteiger partial charge in [-0.05, 0) is 89.8 Å². The van der Waals surface area contributed by atoms with Gasteiger partial charge in [0.25, 0.3) is 5.91 Å². The molecule has 0 bridgehead atoms. The molecule has 2 aromatic heterocycles. The van der Waals surface area contributed by atoms with Crippen molar-refractivity contribution in [1.82, 2.24) is 5.32 Å². The van der Waals surface area contributed by atoms with Crippen molar-refractivity contribution in [2.45, 2.75) is 53.2 Å². The van der Waals surface area contributed by atoms with E-state index in [9.17, 15) is 14.7 Å². The molecule has 0 radical (unpaired) electrons. The van der Waals surface area contributed by atoms with Crippen LogP contribution in [0, 0.1) is 11.3 Å². The molecule has 2 N–H and O–H groups in total. The number of amides is 1. The number of nitrogens with one attached hydrogen (secondary N) is 1. The molecule has 1 aliphatic rings. The summed E-state index contributed by atoms with van der Waals surface area (Å²) in [6.07, 6.45) is 6.16. The van der Waals surface area contributed by atoms with Gasteiger partial charge in [0.15, 0.2) is 11.5 Å². The highest BCUT2D eigenvalue weighted by Crippen LogP contribution is 2.45. The molecule has 2 aromatic carbocycles. The summed E-state index contributed by atoms with van der Waals surface area (Å²) >= 11 is 1.59. The van der Waals surface area contributed by atoms with Gasteiger partial charge >= 0.3 is 5.97 Å². The molecule has 1 atom stereocenters. The molecule has 224 valence electrons. The van der Waals surface area contributed by atoms with Crippen molar-refractivity contribution in [1.29, 1.82) is 0 Å². The van der Waals surface area contributed by atoms with E-state index in [1.807, 2.05) is 24.3 Å². The zero-order chi connectivity index (χ0) is 30.6. The number of carbonyl (C=O) groups is 2. The summed E-state index contributed by atoms with van der Waals surface area (Å²) in [5.74, 6) is 1.15. The minimum atomic E-state index is -0.984. The number of furan rings is 1. The molecule has 1 aliphatic carbocycles. The van der Waals surface area contributed by atoms with Gasteiger partial charge in [0.1, 0.15) is 17.4 Å². The fraction of sp³-hybridized carbons (Fsp3) is 0.324. The molecule has 0 saturated heterocycles. The zero-order valence-electron chi connectivity index (χ0n) is 24.8. The quantitative estimate of drug-likeness (QED) is 0.183. The maximum Gasteiger partial charge on any atom is 0.335 e. The molecule has 2 heterocycles. The van der Waals surface area contributed by atoms with Crippen molar-refractivity contribution < 1.29 is 28.6 Å². The third-order valence-electron chi connectivity index (χ3n) is 7.79. The third-order valence-corrected chi connectivity index (χ3v) is 8.95. The summed E-state index contributed by atoms with van der Waals surface area (Å²) in [7, 11) is 1.56. The van der Waals surface area contributed by atoms with Crippen LogP contribution in [0.25, 0.3) is 0 Å². The van der Waals surface area contributed by atoms with Crippen LogP contribution in [0.5, 0.6) is 11.5 Å². The topological polar surface area (TPSA) is 110 Å². The number of carboxylic acid groups (broad SMARTS) is 1. The lowest BCUT2D eigenvalue weighted by molar-refractivity contribution is 0.0696. The lowest BCUT2D eigenvalue weighted by Gasteiger charge is -2.33. The van der Waals surface area contributed by atoms with Gasteiger partial charge < -0.3 is 24.3 Å². The number of aromatic carboxylic acids is 1. The van der Waals surface area contributed by atoms with Crippen LogP contribution in [0.3, 0.4) is 0 Å². The summed E-state index contributed by atoms with van der Waals surface area (Å²) < 4.78 is 16.9. The number of aliphatic imine (C=N–C) groups is 1. The van der Waals surface area contributed by atoms with Crippen molar-refractivity contribution in [2.24, 2.45) is 16.3 Å². The minimum Gasteiger partial charge on any atom is -0.493 e. The first-order valence-corrected chi connectivity index (χ1v) is 15.1. The van der Waals surface area contributed by atoms with Crippen LogP contribution in [-0.2, 0) is 26.0 Å². The molecule has 5 rings (SSSR count). The number of carbonyl (C=O) groups excluding carboxylic acids is 1. The Morgan fingerprint density at radius 1 is 1.14 bits per heavy atom. The van der Waals surface area contributed by atoms with Gasteiger partial charge in [0.2, 0.25) is 0 Å². The molecule has 0 spiro atoms. The van der Waals surface area contributed by atoms with Crippen LogP contribution in [0.4, 0.5) is 5.00 Å². The first kappa shape index (κ1) is 30.1. The average molecular weight is 601 g/mol. The molecule has 4 aromatic rings. The monoisotopic (exact) mass is 600 g/mol. The number of carboxylic acids is 1. The van der Waals surface area contributed by atoms with Crippen LogP contribution >= 0.6 is 11.3 Å². The Morgan fingerprint density at radius 2 is 1.98 bits per heavy atom. The number of methoxy groups -OCH3 is 1. The third kappa shape index (κ3) is 7.17. The Hall–Kier alpha value is -4.37. The summed E-state index contributed by atoms with van der Waals surface area (Å²) in [5, 5.41) is 12.9. The second kappa shape index (κ2) is 12.9. The Bertz CT molecular complexity index is 1630. The number of thiophene rings is 1. The van der Waals surface area contributed by atoms with E-state index >= 15 is 0 Å². The summed E-state index contributed by atoms with van der Waals surface area (Å²) in [6.45, 7) is 7.34. The molecule has 0 fully saturated rings. The van der Waals surface area contributed by atoms with Crippen LogP contribution in [-0.4, -0.2) is 30.3 Å². The van der Waals surface area contributed by atoms with E-state index in [4.69, 9.17) is 18.9 Å². The van der Waals surface area contributed by atoms with Crippen molar-refractivity contribution in [2.75, 3.05) is 7.11 Å². The smallest absolute Gasteiger partial charge is 0.335 e. The highest BCUT2D eigenvalue weighted by Gasteiger charge is 2.33. The Morgan fingerprint density at radius 3 is 2.70 bits per heavy atom. The van der Waals surface area contributed by atoms with E-state index in [-0.39, 0.29) is 23.5 Å². The molecule has 1 amide bonds. The molecular weight excluding hydrogens is 564 g/mol. The highest BCUT2D eigenvalue weighted by atomic mass is 32.1. The fourth-order valence-corrected chi connectivity index (χ4v) is 6.55. The van der Waals surface area contributed by atoms with E-state index in [1.54, 1.807) is 61.3 Å². The van der Waals surface area contributed by atoms with Crippen molar-refractivity contribution >= 4 is 34.4 Å². The number of rotatable bonds is 10. The lowest BCUT2D eigenvalue weighted by atomic mass is 9.72. The molecule has 0 unspecified atom stereocenters. The van der Waals surface area contributed by atoms with E-state index in [2.05, 4.69) is 26.1 Å². The van der Waals surface area contributed by atoms with Gasteiger partial charge in [0, 0.05) is 11.1 Å². The van der Waals surface area contributed by atoms with Crippen molar-refractivity contribution in [3.05, 3.63) is 99.3 Å². The normalized spacial score (nSPS) is 14.8. The number of hydrogen-bond acceptors (Lipinski definition) is 7. The molecule has 8 nitrogen and oxygen atoms in total. The number of hydrogen-bond donors (Lipinski definition) is 2. The van der Waals surface area contributed by atoms with E-state index in [1.165, 1.54) is 4.88 Å². The minimum absolute atomic E-state index is 0.149. The Balaban J connectivity index is 1.37. The number of fused-ring (bicyclic) bond motifs is 1. The molecule has 43 heavy (non-hydrogen) atoms. The Labute approximate surface area is 255 Å². The van der Waals surface area contributed by atoms with Crippen LogP contribution in [0.2, 0.25) is 0 Å². The maximum absolute atomic E-state index is 13.5. The lowest BCUT2D eigenvalue weighted by Crippen LogP contribution is -2.28. The van der Waals surface area contributed by atoms with Gasteiger partial charge in [0.05, 0.1) is 31.0 Å². The second-order valence-electron chi connectivity index (χ2n) is 11.7.